The SMILES string of the molecule is CNc1cc(NC(C)(C)C2CC2)nc(C)n1. The van der Waals surface area contributed by atoms with Gasteiger partial charge >= 0.3 is 0 Å². The van der Waals surface area contributed by atoms with Crippen LogP contribution in [0.25, 0.3) is 0 Å². The van der Waals surface area contributed by atoms with E-state index in [4.69, 9.17) is 0 Å². The van der Waals surface area contributed by atoms with Gasteiger partial charge in [-0.05, 0) is 39.5 Å². The molecule has 2 N–H and O–H groups in total. The van der Waals surface area contributed by atoms with Crippen LogP contribution in [0, 0.1) is 12.8 Å². The first-order chi connectivity index (χ1) is 7.51. The van der Waals surface area contributed by atoms with Gasteiger partial charge in [-0.1, -0.05) is 0 Å². The van der Waals surface area contributed by atoms with E-state index in [2.05, 4.69) is 34.4 Å². The van der Waals surface area contributed by atoms with Crippen LogP contribution in [0.2, 0.25) is 0 Å². The third-order valence-electron chi connectivity index (χ3n) is 3.14. The fourth-order valence-electron chi connectivity index (χ4n) is 2.00. The normalized spacial score (nSPS) is 16.0. The standard InChI is InChI=1S/C12H20N4/c1-8-14-10(13-4)7-11(15-8)16-12(2,3)9-5-6-9/h7,9H,5-6H2,1-4H3,(H2,13,14,15,16). The molecular weight excluding hydrogens is 200 g/mol. The Balaban J connectivity index is 2.16. The summed E-state index contributed by atoms with van der Waals surface area (Å²) in [6.07, 6.45) is 2.64. The first-order valence-electron chi connectivity index (χ1n) is 5.83. The summed E-state index contributed by atoms with van der Waals surface area (Å²) in [5.41, 5.74) is 0.131. The molecule has 0 aromatic carbocycles. The Morgan fingerprint density at radius 1 is 1.25 bits per heavy atom. The van der Waals surface area contributed by atoms with E-state index in [1.807, 2.05) is 20.0 Å². The third kappa shape index (κ3) is 2.43. The molecule has 0 spiro atoms. The minimum atomic E-state index is 0.131. The average molecular weight is 220 g/mol. The highest BCUT2D eigenvalue weighted by Gasteiger charge is 2.37. The predicted octanol–water partition coefficient (Wildman–Crippen LogP) is 2.43. The molecule has 0 aliphatic heterocycles. The fourth-order valence-corrected chi connectivity index (χ4v) is 2.00. The van der Waals surface area contributed by atoms with Crippen LogP contribution in [0.5, 0.6) is 0 Å². The van der Waals surface area contributed by atoms with Gasteiger partial charge in [0.1, 0.15) is 17.5 Å². The van der Waals surface area contributed by atoms with E-state index in [-0.39, 0.29) is 5.54 Å². The quantitative estimate of drug-likeness (QED) is 0.818. The van der Waals surface area contributed by atoms with E-state index < -0.39 is 0 Å². The van der Waals surface area contributed by atoms with Crippen LogP contribution in [0.1, 0.15) is 32.5 Å². The van der Waals surface area contributed by atoms with Gasteiger partial charge < -0.3 is 10.6 Å². The molecular formula is C12H20N4. The molecule has 1 heterocycles. The Labute approximate surface area is 96.9 Å². The van der Waals surface area contributed by atoms with Gasteiger partial charge in [-0.2, -0.15) is 0 Å². The average Bonchev–Trinajstić information content (AvgIpc) is 2.98. The van der Waals surface area contributed by atoms with Gasteiger partial charge in [0.05, 0.1) is 0 Å². The number of anilines is 2. The Kier molecular flexibility index (Phi) is 2.74. The molecule has 0 amide bonds. The minimum absolute atomic E-state index is 0.131. The zero-order chi connectivity index (χ0) is 11.8. The van der Waals surface area contributed by atoms with Gasteiger partial charge in [0, 0.05) is 18.7 Å². The predicted molar refractivity (Wildman–Crippen MR) is 66.7 cm³/mol. The molecule has 1 aliphatic rings. The molecule has 0 bridgehead atoms. The molecule has 1 fully saturated rings. The van der Waals surface area contributed by atoms with E-state index in [1.54, 1.807) is 0 Å². The highest BCUT2D eigenvalue weighted by molar-refractivity contribution is 5.48. The number of nitrogens with zero attached hydrogens (tertiary/aromatic N) is 2. The van der Waals surface area contributed by atoms with Gasteiger partial charge in [0.25, 0.3) is 0 Å². The van der Waals surface area contributed by atoms with Crippen molar-refractivity contribution in [2.75, 3.05) is 17.7 Å². The number of aryl methyl sites for hydroxylation is 1. The van der Waals surface area contributed by atoms with Crippen LogP contribution in [-0.4, -0.2) is 22.6 Å². The summed E-state index contributed by atoms with van der Waals surface area (Å²) in [6, 6.07) is 1.96. The highest BCUT2D eigenvalue weighted by atomic mass is 15.1. The summed E-state index contributed by atoms with van der Waals surface area (Å²) >= 11 is 0. The number of nitrogens with one attached hydrogen (secondary N) is 2. The molecule has 0 radical (unpaired) electrons. The van der Waals surface area contributed by atoms with Crippen LogP contribution in [0.15, 0.2) is 6.07 Å². The van der Waals surface area contributed by atoms with Crippen molar-refractivity contribution in [1.29, 1.82) is 0 Å². The van der Waals surface area contributed by atoms with Crippen molar-refractivity contribution in [3.05, 3.63) is 11.9 Å². The smallest absolute Gasteiger partial charge is 0.132 e. The molecule has 88 valence electrons. The van der Waals surface area contributed by atoms with E-state index in [1.165, 1.54) is 12.8 Å². The van der Waals surface area contributed by atoms with Crippen molar-refractivity contribution in [3.63, 3.8) is 0 Å². The molecule has 2 rings (SSSR count). The minimum Gasteiger partial charge on any atom is -0.373 e. The fraction of sp³-hybridized carbons (Fsp3) is 0.667. The van der Waals surface area contributed by atoms with E-state index >= 15 is 0 Å². The number of hydrogen-bond donors (Lipinski definition) is 2. The van der Waals surface area contributed by atoms with Gasteiger partial charge in [-0.3, -0.25) is 0 Å². The van der Waals surface area contributed by atoms with Crippen molar-refractivity contribution in [2.24, 2.45) is 5.92 Å². The summed E-state index contributed by atoms with van der Waals surface area (Å²) in [7, 11) is 1.87. The molecule has 4 nitrogen and oxygen atoms in total. The summed E-state index contributed by atoms with van der Waals surface area (Å²) in [5.74, 6) is 3.34. The largest absolute Gasteiger partial charge is 0.373 e. The van der Waals surface area contributed by atoms with E-state index in [9.17, 15) is 0 Å². The van der Waals surface area contributed by atoms with Gasteiger partial charge in [-0.15, -0.1) is 0 Å². The highest BCUT2D eigenvalue weighted by Crippen LogP contribution is 2.40. The number of rotatable bonds is 4. The molecule has 0 saturated heterocycles. The van der Waals surface area contributed by atoms with Crippen molar-refractivity contribution < 1.29 is 0 Å². The maximum atomic E-state index is 4.41. The lowest BCUT2D eigenvalue weighted by molar-refractivity contribution is 0.492. The molecule has 0 atom stereocenters. The molecule has 0 unspecified atom stereocenters. The van der Waals surface area contributed by atoms with Crippen LogP contribution in [0.3, 0.4) is 0 Å². The van der Waals surface area contributed by atoms with Crippen molar-refractivity contribution in [3.8, 4) is 0 Å². The van der Waals surface area contributed by atoms with Crippen LogP contribution < -0.4 is 10.6 Å². The molecule has 4 heteroatoms. The van der Waals surface area contributed by atoms with Crippen molar-refractivity contribution in [1.82, 2.24) is 9.97 Å². The van der Waals surface area contributed by atoms with Gasteiger partial charge in [-0.25, -0.2) is 9.97 Å². The second-order valence-electron chi connectivity index (χ2n) is 5.06. The van der Waals surface area contributed by atoms with Gasteiger partial charge in [0.2, 0.25) is 0 Å². The number of hydrogen-bond acceptors (Lipinski definition) is 4. The Hall–Kier alpha value is -1.32. The third-order valence-corrected chi connectivity index (χ3v) is 3.14. The molecule has 1 aliphatic carbocycles. The topological polar surface area (TPSA) is 49.8 Å². The molecule has 1 aromatic heterocycles. The van der Waals surface area contributed by atoms with Crippen molar-refractivity contribution in [2.45, 2.75) is 39.2 Å². The first kappa shape index (κ1) is 11.2. The Bertz CT molecular complexity index is 383. The molecule has 1 saturated carbocycles. The second-order valence-corrected chi connectivity index (χ2v) is 5.06. The lowest BCUT2D eigenvalue weighted by Crippen LogP contribution is -2.33. The monoisotopic (exact) mass is 220 g/mol. The molecule has 1 aromatic rings. The lowest BCUT2D eigenvalue weighted by Gasteiger charge is -2.27. The Morgan fingerprint density at radius 2 is 1.88 bits per heavy atom. The maximum Gasteiger partial charge on any atom is 0.132 e. The zero-order valence-corrected chi connectivity index (χ0v) is 10.5. The van der Waals surface area contributed by atoms with Crippen molar-refractivity contribution >= 4 is 11.6 Å². The first-order valence-corrected chi connectivity index (χ1v) is 5.83. The van der Waals surface area contributed by atoms with Crippen LogP contribution in [-0.2, 0) is 0 Å². The maximum absolute atomic E-state index is 4.41. The van der Waals surface area contributed by atoms with E-state index in [0.29, 0.717) is 0 Å². The second kappa shape index (κ2) is 3.92. The molecule has 16 heavy (non-hydrogen) atoms. The lowest BCUT2D eigenvalue weighted by atomic mass is 9.99. The number of aromatic nitrogens is 2. The Morgan fingerprint density at radius 3 is 2.44 bits per heavy atom. The van der Waals surface area contributed by atoms with Crippen LogP contribution >= 0.6 is 0 Å². The van der Waals surface area contributed by atoms with Gasteiger partial charge in [0.15, 0.2) is 0 Å². The summed E-state index contributed by atoms with van der Waals surface area (Å²) in [4.78, 5) is 8.70. The zero-order valence-electron chi connectivity index (χ0n) is 10.5. The summed E-state index contributed by atoms with van der Waals surface area (Å²) in [5, 5.41) is 6.55. The summed E-state index contributed by atoms with van der Waals surface area (Å²) < 4.78 is 0. The van der Waals surface area contributed by atoms with E-state index in [0.717, 1.165) is 23.4 Å². The van der Waals surface area contributed by atoms with Crippen LogP contribution in [0.4, 0.5) is 11.6 Å². The summed E-state index contributed by atoms with van der Waals surface area (Å²) in [6.45, 7) is 6.39.